The van der Waals surface area contributed by atoms with Crippen LogP contribution in [-0.2, 0) is 40.0 Å². The van der Waals surface area contributed by atoms with Crippen LogP contribution in [-0.4, -0.2) is 101 Å². The van der Waals surface area contributed by atoms with E-state index in [9.17, 15) is 14.4 Å². The Hall–Kier alpha value is -10.7. The zero-order valence-electron chi connectivity index (χ0n) is 52.6. The Balaban J connectivity index is 0.000000273. The van der Waals surface area contributed by atoms with E-state index in [4.69, 9.17) is 69.7 Å². The summed E-state index contributed by atoms with van der Waals surface area (Å²) in [5, 5.41) is 11.4. The van der Waals surface area contributed by atoms with Gasteiger partial charge < -0.3 is 56.8 Å². The molecule has 90 heavy (non-hydrogen) atoms. The topological polar surface area (TPSA) is 353 Å². The smallest absolute Gasteiger partial charge is 0.373 e. The predicted molar refractivity (Wildman–Crippen MR) is 338 cm³/mol. The van der Waals surface area contributed by atoms with E-state index in [1.807, 2.05) is 173 Å². The second-order valence-corrected chi connectivity index (χ2v) is 22.6. The monoisotopic (exact) mass is 1230 g/mol. The average Bonchev–Trinajstić information content (AvgIpc) is 1.57. The molecule has 8 aromatic rings. The number of fused-ring (bicyclic) bond motifs is 4. The Bertz CT molecular complexity index is 3900. The first-order chi connectivity index (χ1) is 42.6. The molecule has 0 spiro atoms. The van der Waals surface area contributed by atoms with Crippen LogP contribution in [0.4, 0.5) is 17.1 Å². The summed E-state index contributed by atoms with van der Waals surface area (Å²) >= 11 is 0. The van der Waals surface area contributed by atoms with Gasteiger partial charge in [-0.2, -0.15) is 28.8 Å². The lowest BCUT2D eigenvalue weighted by Gasteiger charge is -2.28. The van der Waals surface area contributed by atoms with Crippen molar-refractivity contribution < 1.29 is 66.8 Å². The predicted octanol–water partition coefficient (Wildman–Crippen LogP) is 9.13. The highest BCUT2D eigenvalue weighted by molar-refractivity contribution is 5.99. The summed E-state index contributed by atoms with van der Waals surface area (Å²) in [5.74, 6) is 2.98. The first-order valence-corrected chi connectivity index (χ1v) is 28.3. The molecule has 0 saturated heterocycles. The number of pyridine rings is 3. The highest BCUT2D eigenvalue weighted by Crippen LogP contribution is 2.34. The molecule has 23 heteroatoms. The quantitative estimate of drug-likeness (QED) is 0.0525. The molecule has 0 aliphatic carbocycles. The third-order valence-electron chi connectivity index (χ3n) is 13.1. The van der Waals surface area contributed by atoms with E-state index in [1.54, 1.807) is 19.2 Å². The summed E-state index contributed by atoms with van der Waals surface area (Å²) in [6, 6.07) is 33.6. The molecule has 3 amide bonds. The minimum atomic E-state index is -0.608. The van der Waals surface area contributed by atoms with Crippen molar-refractivity contribution in [1.29, 1.82) is 0 Å². The zero-order valence-corrected chi connectivity index (χ0v) is 52.6. The van der Waals surface area contributed by atoms with Crippen LogP contribution < -0.4 is 56.8 Å². The van der Waals surface area contributed by atoms with Gasteiger partial charge >= 0.3 is 18.5 Å². The maximum absolute atomic E-state index is 13.0. The lowest BCUT2D eigenvalue weighted by molar-refractivity contribution is -0.193. The van der Waals surface area contributed by atoms with Gasteiger partial charge in [-0.1, -0.05) is 37.3 Å². The lowest BCUT2D eigenvalue weighted by Crippen LogP contribution is -2.48. The molecule has 0 bridgehead atoms. The summed E-state index contributed by atoms with van der Waals surface area (Å²) in [4.78, 5) is 99.5. The standard InChI is InChI=1S/C24H27N3O3.C23H27N3O3.C17H23N3O2.3CO2/c1-15-13-18(25)21-19(26-15)10-5-11-20(21)30-14-24(2,3)27-23(28)17-9-4-7-16-8-6-12-29-22(16)17;1-14-9-16(12-17(10-14)28-5)22(27)26-23(3,4)13-29-20-8-6-7-19-21(20)18(24)11-15(2)25-19;1-5-15(21)20-17(3,4)10-22-14-8-6-7-13-16(14)12(18)9-11(2)19-13;3*2-1-3/h4-5,7,9-11,13H,6,8,12,14H2,1-3H3,(H2,25,26)(H,27,28);6-12H,13H2,1-5H3,(H2,24,25)(H,26,27);6-9H,5,10H2,1-4H3,(H2,18,19)(H,20,21);;;. The number of hydrogen-bond acceptors (Lipinski definition) is 20. The van der Waals surface area contributed by atoms with Crippen LogP contribution in [0, 0.1) is 27.7 Å². The van der Waals surface area contributed by atoms with Gasteiger partial charge in [0.2, 0.25) is 5.91 Å². The fourth-order valence-corrected chi connectivity index (χ4v) is 9.30. The van der Waals surface area contributed by atoms with E-state index >= 15 is 0 Å². The van der Waals surface area contributed by atoms with E-state index in [-0.39, 0.29) is 49.4 Å². The number of amides is 3. The molecule has 0 fully saturated rings. The number of aromatic nitrogens is 3. The molecule has 0 unspecified atom stereocenters. The summed E-state index contributed by atoms with van der Waals surface area (Å²) < 4.78 is 29.1. The van der Waals surface area contributed by atoms with E-state index in [2.05, 4.69) is 30.9 Å². The SMILES string of the molecule is CCC(=O)NC(C)(C)COc1cccc2nc(C)cc(N)c12.COc1cc(C)cc(C(=O)NC(C)(C)COc2cccc3nc(C)cc(N)c23)c1.Cc1cc(N)c2c(OCC(C)(C)NC(=O)c3cccc4c3OCCC4)cccc2n1.O=C=O.O=C=O.O=C=O. The van der Waals surface area contributed by atoms with Gasteiger partial charge in [0.05, 0.1) is 68.6 Å². The van der Waals surface area contributed by atoms with E-state index in [0.29, 0.717) is 76.6 Å². The number of ether oxygens (including phenoxy) is 5. The zero-order chi connectivity index (χ0) is 66.9. The molecule has 3 aromatic heterocycles. The molecule has 0 atom stereocenters. The third-order valence-corrected chi connectivity index (χ3v) is 13.1. The minimum Gasteiger partial charge on any atom is -0.497 e. The van der Waals surface area contributed by atoms with Crippen molar-refractivity contribution in [2.24, 2.45) is 0 Å². The highest BCUT2D eigenvalue weighted by Gasteiger charge is 2.28. The van der Waals surface area contributed by atoms with Gasteiger partial charge in [-0.15, -0.1) is 0 Å². The number of benzene rings is 5. The van der Waals surface area contributed by atoms with E-state index in [1.165, 1.54) is 0 Å². The molecule has 9 rings (SSSR count). The molecule has 4 heterocycles. The van der Waals surface area contributed by atoms with Gasteiger partial charge in [-0.3, -0.25) is 29.3 Å². The van der Waals surface area contributed by atoms with Crippen LogP contribution in [0.15, 0.2) is 109 Å². The number of nitrogen functional groups attached to an aromatic ring is 3. The maximum Gasteiger partial charge on any atom is 0.373 e. The molecule has 474 valence electrons. The first kappa shape index (κ1) is 71.8. The summed E-state index contributed by atoms with van der Waals surface area (Å²) in [6.07, 6.45) is 3.10. The summed E-state index contributed by atoms with van der Waals surface area (Å²) in [7, 11) is 1.58. The molecule has 5 aromatic carbocycles. The van der Waals surface area contributed by atoms with Gasteiger partial charge in [-0.05, 0) is 172 Å². The number of hydrogen-bond donors (Lipinski definition) is 6. The molecular weight excluding hydrogens is 1150 g/mol. The number of para-hydroxylation sites is 1. The van der Waals surface area contributed by atoms with Crippen molar-refractivity contribution in [2.45, 2.75) is 112 Å². The molecule has 1 aliphatic rings. The molecule has 1 aliphatic heterocycles. The van der Waals surface area contributed by atoms with Gasteiger partial charge in [0.1, 0.15) is 48.6 Å². The van der Waals surface area contributed by atoms with Crippen molar-refractivity contribution in [2.75, 3.05) is 50.7 Å². The first-order valence-electron chi connectivity index (χ1n) is 28.3. The van der Waals surface area contributed by atoms with E-state index in [0.717, 1.165) is 73.8 Å². The Kier molecular flexibility index (Phi) is 26.6. The van der Waals surface area contributed by atoms with Gasteiger partial charge in [0.25, 0.3) is 11.8 Å². The van der Waals surface area contributed by atoms with Crippen molar-refractivity contribution in [3.8, 4) is 28.7 Å². The van der Waals surface area contributed by atoms with Gasteiger partial charge in [0, 0.05) is 46.1 Å². The van der Waals surface area contributed by atoms with Crippen LogP contribution in [0.2, 0.25) is 0 Å². The fourth-order valence-electron chi connectivity index (χ4n) is 9.30. The summed E-state index contributed by atoms with van der Waals surface area (Å²) in [5.41, 5.74) is 26.9. The minimum absolute atomic E-state index is 0.00308. The van der Waals surface area contributed by atoms with Crippen molar-refractivity contribution in [3.63, 3.8) is 0 Å². The number of aryl methyl sites for hydroxylation is 5. The number of nitrogens with two attached hydrogens (primary N) is 3. The van der Waals surface area contributed by atoms with Crippen molar-refractivity contribution >= 4 is 85.9 Å². The maximum atomic E-state index is 13.0. The highest BCUT2D eigenvalue weighted by atomic mass is 16.5. The number of rotatable bonds is 16. The average molecular weight is 1230 g/mol. The second-order valence-electron chi connectivity index (χ2n) is 22.6. The Labute approximate surface area is 521 Å². The number of methoxy groups -OCH3 is 1. The van der Waals surface area contributed by atoms with Crippen LogP contribution in [0.5, 0.6) is 28.7 Å². The second kappa shape index (κ2) is 33.4. The Morgan fingerprint density at radius 2 is 0.933 bits per heavy atom. The molecule has 9 N–H and O–H groups in total. The third kappa shape index (κ3) is 21.3. The van der Waals surface area contributed by atoms with Gasteiger partial charge in [-0.25, -0.2) is 0 Å². The number of anilines is 3. The number of nitrogens with zero attached hydrogens (tertiary/aromatic N) is 3. The Morgan fingerprint density at radius 3 is 1.33 bits per heavy atom. The number of carbonyl (C=O) groups is 3. The van der Waals surface area contributed by atoms with Gasteiger partial charge in [0.15, 0.2) is 0 Å². The molecule has 23 nitrogen and oxygen atoms in total. The molecule has 0 radical (unpaired) electrons. The van der Waals surface area contributed by atoms with Crippen LogP contribution in [0.3, 0.4) is 0 Å². The lowest BCUT2D eigenvalue weighted by atomic mass is 10.0. The van der Waals surface area contributed by atoms with Crippen LogP contribution in [0.25, 0.3) is 32.7 Å². The fraction of sp³-hybridized carbons (Fsp3) is 0.328. The van der Waals surface area contributed by atoms with Crippen LogP contribution >= 0.6 is 0 Å². The van der Waals surface area contributed by atoms with Crippen molar-refractivity contribution in [3.05, 3.63) is 149 Å². The van der Waals surface area contributed by atoms with E-state index < -0.39 is 16.6 Å². The summed E-state index contributed by atoms with van der Waals surface area (Å²) in [6.45, 7) is 22.6. The molecule has 0 saturated carbocycles. The largest absolute Gasteiger partial charge is 0.497 e. The van der Waals surface area contributed by atoms with Crippen molar-refractivity contribution in [1.82, 2.24) is 30.9 Å². The Morgan fingerprint density at radius 1 is 0.544 bits per heavy atom. The molecular formula is C67H77N9O14. The number of carbonyl (C=O) groups excluding carboxylic acids is 9. The normalized spacial score (nSPS) is 11.2. The van der Waals surface area contributed by atoms with Crippen LogP contribution in [0.1, 0.15) is 110 Å². The number of nitrogens with one attached hydrogen (secondary N) is 3.